The average Bonchev–Trinajstić information content (AvgIpc) is 2.66. The second kappa shape index (κ2) is 7.87. The highest BCUT2D eigenvalue weighted by atomic mass is 32.2. The SMILES string of the molecule is C#CCNC(=O)CN1CCN(S(=O)(=O)c2ccc3ccccc3c2)CC1. The summed E-state index contributed by atoms with van der Waals surface area (Å²) in [6.07, 6.45) is 5.11. The molecule has 6 nitrogen and oxygen atoms in total. The highest BCUT2D eigenvalue weighted by Gasteiger charge is 2.29. The van der Waals surface area contributed by atoms with Crippen LogP contribution in [0.2, 0.25) is 0 Å². The van der Waals surface area contributed by atoms with Gasteiger partial charge in [-0.05, 0) is 22.9 Å². The zero-order valence-corrected chi connectivity index (χ0v) is 15.2. The maximum absolute atomic E-state index is 12.9. The molecule has 1 amide bonds. The number of nitrogens with zero attached hydrogens (tertiary/aromatic N) is 2. The molecule has 0 bridgehead atoms. The van der Waals surface area contributed by atoms with Crippen LogP contribution in [-0.4, -0.2) is 62.8 Å². The molecule has 1 fully saturated rings. The van der Waals surface area contributed by atoms with Gasteiger partial charge in [0.15, 0.2) is 0 Å². The number of benzene rings is 2. The normalized spacial score (nSPS) is 16.3. The van der Waals surface area contributed by atoms with Crippen LogP contribution in [-0.2, 0) is 14.8 Å². The molecule has 2 aromatic rings. The average molecular weight is 371 g/mol. The minimum Gasteiger partial charge on any atom is -0.344 e. The standard InChI is InChI=1S/C19H21N3O3S/c1-2-9-20-19(23)15-21-10-12-22(13-11-21)26(24,25)18-8-7-16-5-3-4-6-17(16)14-18/h1,3-8,14H,9-13,15H2,(H,20,23). The van der Waals surface area contributed by atoms with Crippen LogP contribution >= 0.6 is 0 Å². The Morgan fingerprint density at radius 1 is 1.08 bits per heavy atom. The molecule has 3 rings (SSSR count). The lowest BCUT2D eigenvalue weighted by molar-refractivity contribution is -0.122. The van der Waals surface area contributed by atoms with Gasteiger partial charge in [-0.2, -0.15) is 4.31 Å². The lowest BCUT2D eigenvalue weighted by Crippen LogP contribution is -2.51. The van der Waals surface area contributed by atoms with Crippen molar-refractivity contribution in [1.29, 1.82) is 0 Å². The van der Waals surface area contributed by atoms with Gasteiger partial charge in [-0.3, -0.25) is 9.69 Å². The van der Waals surface area contributed by atoms with E-state index in [9.17, 15) is 13.2 Å². The summed E-state index contributed by atoms with van der Waals surface area (Å²) in [5.74, 6) is 2.21. The lowest BCUT2D eigenvalue weighted by Gasteiger charge is -2.33. The minimum atomic E-state index is -3.54. The van der Waals surface area contributed by atoms with E-state index in [0.29, 0.717) is 31.1 Å². The maximum atomic E-state index is 12.9. The van der Waals surface area contributed by atoms with Crippen molar-refractivity contribution in [3.05, 3.63) is 42.5 Å². The van der Waals surface area contributed by atoms with Crippen molar-refractivity contribution < 1.29 is 13.2 Å². The van der Waals surface area contributed by atoms with E-state index >= 15 is 0 Å². The van der Waals surface area contributed by atoms with Crippen molar-refractivity contribution in [2.75, 3.05) is 39.3 Å². The molecule has 0 spiro atoms. The summed E-state index contributed by atoms with van der Waals surface area (Å²) < 4.78 is 27.3. The topological polar surface area (TPSA) is 69.7 Å². The molecule has 0 unspecified atom stereocenters. The molecular formula is C19H21N3O3S. The highest BCUT2D eigenvalue weighted by Crippen LogP contribution is 2.22. The second-order valence-corrected chi connectivity index (χ2v) is 8.11. The van der Waals surface area contributed by atoms with E-state index in [-0.39, 0.29) is 19.0 Å². The van der Waals surface area contributed by atoms with Gasteiger partial charge in [0.2, 0.25) is 15.9 Å². The van der Waals surface area contributed by atoms with Crippen LogP contribution in [0.4, 0.5) is 0 Å². The Kier molecular flexibility index (Phi) is 5.57. The summed E-state index contributed by atoms with van der Waals surface area (Å²) in [6.45, 7) is 2.17. The first-order chi connectivity index (χ1) is 12.5. The van der Waals surface area contributed by atoms with E-state index in [1.54, 1.807) is 12.1 Å². The number of fused-ring (bicyclic) bond motifs is 1. The van der Waals surface area contributed by atoms with Gasteiger partial charge in [-0.25, -0.2) is 8.42 Å². The van der Waals surface area contributed by atoms with E-state index in [1.807, 2.05) is 35.2 Å². The zero-order chi connectivity index (χ0) is 18.6. The molecule has 1 saturated heterocycles. The van der Waals surface area contributed by atoms with E-state index in [4.69, 9.17) is 6.42 Å². The van der Waals surface area contributed by atoms with E-state index in [1.165, 1.54) is 4.31 Å². The Labute approximate surface area is 153 Å². The van der Waals surface area contributed by atoms with Gasteiger partial charge in [-0.1, -0.05) is 36.3 Å². The Morgan fingerprint density at radius 2 is 1.77 bits per heavy atom. The largest absolute Gasteiger partial charge is 0.344 e. The van der Waals surface area contributed by atoms with Gasteiger partial charge in [-0.15, -0.1) is 6.42 Å². The van der Waals surface area contributed by atoms with Crippen molar-refractivity contribution in [3.8, 4) is 12.3 Å². The van der Waals surface area contributed by atoms with Crippen molar-refractivity contribution in [2.45, 2.75) is 4.90 Å². The van der Waals surface area contributed by atoms with Gasteiger partial charge < -0.3 is 5.32 Å². The van der Waals surface area contributed by atoms with Gasteiger partial charge in [0, 0.05) is 26.2 Å². The molecule has 1 heterocycles. The highest BCUT2D eigenvalue weighted by molar-refractivity contribution is 7.89. The maximum Gasteiger partial charge on any atom is 0.243 e. The zero-order valence-electron chi connectivity index (χ0n) is 14.4. The van der Waals surface area contributed by atoms with Gasteiger partial charge in [0.25, 0.3) is 0 Å². The van der Waals surface area contributed by atoms with Crippen LogP contribution in [0.15, 0.2) is 47.4 Å². The van der Waals surface area contributed by atoms with Crippen LogP contribution in [0.1, 0.15) is 0 Å². The summed E-state index contributed by atoms with van der Waals surface area (Å²) in [4.78, 5) is 13.9. The predicted octanol–water partition coefficient (Wildman–Crippen LogP) is 0.896. The molecule has 0 aliphatic carbocycles. The fourth-order valence-electron chi connectivity index (χ4n) is 3.01. The monoisotopic (exact) mass is 371 g/mol. The molecule has 0 radical (unpaired) electrons. The molecule has 0 aromatic heterocycles. The van der Waals surface area contributed by atoms with Crippen LogP contribution in [0.5, 0.6) is 0 Å². The first-order valence-corrected chi connectivity index (χ1v) is 9.86. The number of sulfonamides is 1. The molecule has 0 saturated carbocycles. The molecule has 136 valence electrons. The quantitative estimate of drug-likeness (QED) is 0.793. The summed E-state index contributed by atoms with van der Waals surface area (Å²) in [7, 11) is -3.54. The summed E-state index contributed by atoms with van der Waals surface area (Å²) in [5.41, 5.74) is 0. The van der Waals surface area contributed by atoms with Gasteiger partial charge in [0.1, 0.15) is 0 Å². The number of terminal acetylenes is 1. The molecule has 7 heteroatoms. The fourth-order valence-corrected chi connectivity index (χ4v) is 4.47. The molecule has 1 aliphatic rings. The molecule has 26 heavy (non-hydrogen) atoms. The smallest absolute Gasteiger partial charge is 0.243 e. The fraction of sp³-hybridized carbons (Fsp3) is 0.316. The number of piperazine rings is 1. The number of amides is 1. The van der Waals surface area contributed by atoms with Crippen LogP contribution in [0.3, 0.4) is 0 Å². The number of hydrogen-bond acceptors (Lipinski definition) is 4. The van der Waals surface area contributed by atoms with E-state index in [2.05, 4.69) is 11.2 Å². The first kappa shape index (κ1) is 18.4. The molecule has 0 atom stereocenters. The van der Waals surface area contributed by atoms with Crippen molar-refractivity contribution in [1.82, 2.24) is 14.5 Å². The third-order valence-electron chi connectivity index (χ3n) is 4.44. The number of carbonyl (C=O) groups excluding carboxylic acids is 1. The third kappa shape index (κ3) is 4.05. The van der Waals surface area contributed by atoms with Crippen molar-refractivity contribution >= 4 is 26.7 Å². The second-order valence-electron chi connectivity index (χ2n) is 6.17. The minimum absolute atomic E-state index is 0.145. The number of hydrogen-bond donors (Lipinski definition) is 1. The van der Waals surface area contributed by atoms with E-state index < -0.39 is 10.0 Å². The van der Waals surface area contributed by atoms with Crippen LogP contribution < -0.4 is 5.32 Å². The van der Waals surface area contributed by atoms with Gasteiger partial charge in [0.05, 0.1) is 18.0 Å². The Bertz CT molecular complexity index is 942. The van der Waals surface area contributed by atoms with Crippen LogP contribution in [0, 0.1) is 12.3 Å². The molecule has 1 aliphatic heterocycles. The number of carbonyl (C=O) groups is 1. The van der Waals surface area contributed by atoms with Crippen molar-refractivity contribution in [3.63, 3.8) is 0 Å². The summed E-state index contributed by atoms with van der Waals surface area (Å²) in [6, 6.07) is 12.9. The predicted molar refractivity (Wildman–Crippen MR) is 101 cm³/mol. The van der Waals surface area contributed by atoms with Crippen molar-refractivity contribution in [2.24, 2.45) is 0 Å². The Morgan fingerprint density at radius 3 is 2.46 bits per heavy atom. The molecular weight excluding hydrogens is 350 g/mol. The third-order valence-corrected chi connectivity index (χ3v) is 6.34. The van der Waals surface area contributed by atoms with E-state index in [0.717, 1.165) is 10.8 Å². The lowest BCUT2D eigenvalue weighted by atomic mass is 10.1. The first-order valence-electron chi connectivity index (χ1n) is 8.42. The van der Waals surface area contributed by atoms with Gasteiger partial charge >= 0.3 is 0 Å². The van der Waals surface area contributed by atoms with Crippen LogP contribution in [0.25, 0.3) is 10.8 Å². The summed E-state index contributed by atoms with van der Waals surface area (Å²) in [5, 5.41) is 4.52. The number of nitrogens with one attached hydrogen (secondary N) is 1. The Hall–Kier alpha value is -2.40. The summed E-state index contributed by atoms with van der Waals surface area (Å²) >= 11 is 0. The molecule has 2 aromatic carbocycles. The Balaban J connectivity index is 1.66. The number of rotatable bonds is 5. The molecule has 1 N–H and O–H groups in total.